The lowest BCUT2D eigenvalue weighted by atomic mass is 10.1. The molecular weight excluding hydrogens is 355 g/mol. The van der Waals surface area contributed by atoms with Crippen molar-refractivity contribution in [2.45, 2.75) is 11.8 Å². The number of rotatable bonds is 6. The number of nitrogens with zero attached hydrogens (tertiary/aromatic N) is 1. The lowest BCUT2D eigenvalue weighted by molar-refractivity contribution is 0.332. The van der Waals surface area contributed by atoms with E-state index >= 15 is 0 Å². The van der Waals surface area contributed by atoms with Gasteiger partial charge in [0.15, 0.2) is 9.84 Å². The summed E-state index contributed by atoms with van der Waals surface area (Å²) in [5.41, 5.74) is 2.36. The Morgan fingerprint density at radius 2 is 1.85 bits per heavy atom. The topological polar surface area (TPSA) is 68.3 Å². The molecule has 3 aromatic rings. The van der Waals surface area contributed by atoms with Gasteiger partial charge in [0.2, 0.25) is 0 Å². The largest absolute Gasteiger partial charge is 0.492 e. The van der Waals surface area contributed by atoms with E-state index in [1.165, 1.54) is 24.3 Å². The maximum Gasteiger partial charge on any atom is 0.175 e. The summed E-state index contributed by atoms with van der Waals surface area (Å²) in [6.45, 7) is 2.76. The zero-order chi connectivity index (χ0) is 18.7. The van der Waals surface area contributed by atoms with Crippen molar-refractivity contribution in [1.29, 1.82) is 0 Å². The zero-order valence-corrected chi connectivity index (χ0v) is 15.3. The Balaban J connectivity index is 1.63. The van der Waals surface area contributed by atoms with E-state index in [9.17, 15) is 12.8 Å². The predicted molar refractivity (Wildman–Crippen MR) is 100.0 cm³/mol. The van der Waals surface area contributed by atoms with Gasteiger partial charge < -0.3 is 10.1 Å². The highest BCUT2D eigenvalue weighted by Gasteiger charge is 2.07. The monoisotopic (exact) mass is 374 g/mol. The van der Waals surface area contributed by atoms with Crippen molar-refractivity contribution in [2.24, 2.45) is 0 Å². The van der Waals surface area contributed by atoms with Gasteiger partial charge in [0.25, 0.3) is 0 Å². The molecule has 7 heteroatoms. The van der Waals surface area contributed by atoms with E-state index in [2.05, 4.69) is 10.3 Å². The summed E-state index contributed by atoms with van der Waals surface area (Å²) in [5.74, 6) is 0.273. The highest BCUT2D eigenvalue weighted by atomic mass is 32.2. The molecule has 2 aromatic carbocycles. The van der Waals surface area contributed by atoms with Crippen molar-refractivity contribution < 1.29 is 17.5 Å². The number of fused-ring (bicyclic) bond motifs is 1. The Labute approximate surface area is 151 Å². The smallest absolute Gasteiger partial charge is 0.175 e. The normalized spacial score (nSPS) is 11.5. The fourth-order valence-electron chi connectivity index (χ4n) is 2.61. The van der Waals surface area contributed by atoms with Gasteiger partial charge in [-0.05, 0) is 55.5 Å². The van der Waals surface area contributed by atoms with Crippen LogP contribution < -0.4 is 10.1 Å². The molecule has 26 heavy (non-hydrogen) atoms. The third-order valence-electron chi connectivity index (χ3n) is 3.84. The number of pyridine rings is 1. The van der Waals surface area contributed by atoms with E-state index < -0.39 is 9.84 Å². The fourth-order valence-corrected chi connectivity index (χ4v) is 3.24. The SMILES string of the molecule is Cc1cc(NCCOc2ccc(S(C)(=O)=O)cc2)c2cc(F)ccc2n1. The van der Waals surface area contributed by atoms with E-state index in [4.69, 9.17) is 4.74 Å². The number of benzene rings is 2. The van der Waals surface area contributed by atoms with E-state index in [1.54, 1.807) is 18.2 Å². The number of aryl methyl sites for hydroxylation is 1. The Bertz CT molecular complexity index is 1030. The molecule has 0 aliphatic carbocycles. The molecule has 0 unspecified atom stereocenters. The second kappa shape index (κ2) is 7.29. The predicted octanol–water partition coefficient (Wildman–Crippen LogP) is 3.58. The number of hydrogen-bond acceptors (Lipinski definition) is 5. The maximum atomic E-state index is 13.5. The standard InChI is InChI=1S/C19H19FN2O3S/c1-13-11-19(17-12-14(20)3-8-18(17)22-13)21-9-10-25-15-4-6-16(7-5-15)26(2,23)24/h3-8,11-12H,9-10H2,1-2H3,(H,21,22). The molecule has 1 N–H and O–H groups in total. The maximum absolute atomic E-state index is 13.5. The third kappa shape index (κ3) is 4.29. The molecule has 1 aromatic heterocycles. The van der Waals surface area contributed by atoms with E-state index in [0.29, 0.717) is 24.3 Å². The van der Waals surface area contributed by atoms with Crippen LogP contribution in [0.1, 0.15) is 5.69 Å². The fraction of sp³-hybridized carbons (Fsp3) is 0.211. The lowest BCUT2D eigenvalue weighted by Gasteiger charge is -2.12. The number of ether oxygens (including phenoxy) is 1. The van der Waals surface area contributed by atoms with E-state index in [0.717, 1.165) is 23.2 Å². The molecule has 0 spiro atoms. The van der Waals surface area contributed by atoms with Gasteiger partial charge in [-0.2, -0.15) is 0 Å². The van der Waals surface area contributed by atoms with Crippen LogP contribution in [0.4, 0.5) is 10.1 Å². The molecule has 0 atom stereocenters. The first-order valence-electron chi connectivity index (χ1n) is 8.07. The van der Waals surface area contributed by atoms with Gasteiger partial charge >= 0.3 is 0 Å². The lowest BCUT2D eigenvalue weighted by Crippen LogP contribution is -2.12. The minimum absolute atomic E-state index is 0.253. The number of aromatic nitrogens is 1. The molecule has 3 rings (SSSR count). The average Bonchev–Trinajstić information content (AvgIpc) is 2.58. The zero-order valence-electron chi connectivity index (χ0n) is 14.5. The van der Waals surface area contributed by atoms with Crippen molar-refractivity contribution in [2.75, 3.05) is 24.7 Å². The van der Waals surface area contributed by atoms with Crippen LogP contribution in [0.5, 0.6) is 5.75 Å². The Kier molecular flexibility index (Phi) is 5.08. The number of halogens is 1. The minimum Gasteiger partial charge on any atom is -0.492 e. The summed E-state index contributed by atoms with van der Waals surface area (Å²) in [6.07, 6.45) is 1.16. The van der Waals surface area contributed by atoms with E-state index in [-0.39, 0.29) is 10.7 Å². The van der Waals surface area contributed by atoms with Gasteiger partial charge in [0.05, 0.1) is 10.4 Å². The molecule has 136 valence electrons. The molecule has 0 aliphatic heterocycles. The Morgan fingerprint density at radius 3 is 2.54 bits per heavy atom. The summed E-state index contributed by atoms with van der Waals surface area (Å²) < 4.78 is 42.0. The minimum atomic E-state index is -3.21. The van der Waals surface area contributed by atoms with Crippen molar-refractivity contribution in [3.63, 3.8) is 0 Å². The molecular formula is C19H19FN2O3S. The van der Waals surface area contributed by atoms with Crippen molar-refractivity contribution in [1.82, 2.24) is 4.98 Å². The Morgan fingerprint density at radius 1 is 1.12 bits per heavy atom. The molecule has 5 nitrogen and oxygen atoms in total. The van der Waals surface area contributed by atoms with E-state index in [1.807, 2.05) is 13.0 Å². The average molecular weight is 374 g/mol. The van der Waals surface area contributed by atoms with Gasteiger partial charge in [-0.15, -0.1) is 0 Å². The van der Waals surface area contributed by atoms with Crippen LogP contribution >= 0.6 is 0 Å². The number of nitrogens with one attached hydrogen (secondary N) is 1. The third-order valence-corrected chi connectivity index (χ3v) is 4.97. The van der Waals surface area contributed by atoms with Crippen LogP contribution in [0.15, 0.2) is 53.4 Å². The van der Waals surface area contributed by atoms with Crippen molar-refractivity contribution in [3.05, 3.63) is 60.0 Å². The van der Waals surface area contributed by atoms with Crippen LogP contribution in [0.25, 0.3) is 10.9 Å². The summed E-state index contributed by atoms with van der Waals surface area (Å²) in [4.78, 5) is 4.65. The van der Waals surface area contributed by atoms with Crippen molar-refractivity contribution >= 4 is 26.4 Å². The van der Waals surface area contributed by atoms with Crippen molar-refractivity contribution in [3.8, 4) is 5.75 Å². The van der Waals surface area contributed by atoms with Crippen LogP contribution in [0.3, 0.4) is 0 Å². The van der Waals surface area contributed by atoms with Gasteiger partial charge in [-0.3, -0.25) is 4.98 Å². The number of hydrogen-bond donors (Lipinski definition) is 1. The highest BCUT2D eigenvalue weighted by molar-refractivity contribution is 7.90. The molecule has 0 bridgehead atoms. The molecule has 0 saturated carbocycles. The Hall–Kier alpha value is -2.67. The number of sulfone groups is 1. The van der Waals surface area contributed by atoms with Gasteiger partial charge in [-0.25, -0.2) is 12.8 Å². The second-order valence-corrected chi connectivity index (χ2v) is 8.01. The summed E-state index contributed by atoms with van der Waals surface area (Å²) in [5, 5.41) is 3.95. The first-order chi connectivity index (χ1) is 12.3. The molecule has 0 saturated heterocycles. The van der Waals surface area contributed by atoms with Crippen LogP contribution in [0, 0.1) is 12.7 Å². The first-order valence-corrected chi connectivity index (χ1v) is 9.96. The quantitative estimate of drug-likeness (QED) is 0.668. The first kappa shape index (κ1) is 18.1. The molecule has 0 aliphatic rings. The van der Waals surface area contributed by atoms with Gasteiger partial charge in [0.1, 0.15) is 18.2 Å². The highest BCUT2D eigenvalue weighted by Crippen LogP contribution is 2.24. The number of anilines is 1. The summed E-state index contributed by atoms with van der Waals surface area (Å²) in [7, 11) is -3.21. The summed E-state index contributed by atoms with van der Waals surface area (Å²) >= 11 is 0. The van der Waals surface area contributed by atoms with Crippen LogP contribution in [-0.2, 0) is 9.84 Å². The van der Waals surface area contributed by atoms with Gasteiger partial charge in [-0.1, -0.05) is 0 Å². The van der Waals surface area contributed by atoms with Gasteiger partial charge in [0, 0.05) is 29.6 Å². The van der Waals surface area contributed by atoms with Crippen LogP contribution in [0.2, 0.25) is 0 Å². The molecule has 0 radical (unpaired) electrons. The summed E-state index contributed by atoms with van der Waals surface area (Å²) in [6, 6.07) is 12.6. The molecule has 0 fully saturated rings. The van der Waals surface area contributed by atoms with Crippen LogP contribution in [-0.4, -0.2) is 32.8 Å². The molecule has 0 amide bonds. The second-order valence-electron chi connectivity index (χ2n) is 5.99. The molecule has 1 heterocycles.